The van der Waals surface area contributed by atoms with Crippen molar-refractivity contribution in [2.45, 2.75) is 18.3 Å². The lowest BCUT2D eigenvalue weighted by molar-refractivity contribution is -0.140. The Morgan fingerprint density at radius 3 is 2.12 bits per heavy atom. The second kappa shape index (κ2) is 12.6. The summed E-state index contributed by atoms with van der Waals surface area (Å²) in [5.41, 5.74) is -3.78. The first kappa shape index (κ1) is 31.4. The van der Waals surface area contributed by atoms with E-state index in [0.29, 0.717) is 6.07 Å². The molecule has 2 aromatic carbocycles. The minimum absolute atomic E-state index is 0.0180. The van der Waals surface area contributed by atoms with Crippen LogP contribution in [-0.4, -0.2) is 35.0 Å². The standard InChI is InChI=1S/C26H17Cl3F7N3O/c1-2-8-39(24-37-6-3-7-38-24)13-22(40)16-5-4-14(9-18(16)26(34,35)36)21(30)12-17(25(31,32)33)15-10-19(27)23(29)20(28)11-15/h2-7,9-12,17H,1,8,13H2/b21-12-. The van der Waals surface area contributed by atoms with E-state index < -0.39 is 58.7 Å². The third kappa shape index (κ3) is 7.52. The quantitative estimate of drug-likeness (QED) is 0.103. The zero-order valence-corrected chi connectivity index (χ0v) is 22.3. The fourth-order valence-electron chi connectivity index (χ4n) is 3.63. The highest BCUT2D eigenvalue weighted by Crippen LogP contribution is 2.43. The molecule has 0 saturated heterocycles. The second-order valence-electron chi connectivity index (χ2n) is 8.23. The van der Waals surface area contributed by atoms with Gasteiger partial charge in [0.25, 0.3) is 0 Å². The third-order valence-corrected chi connectivity index (χ3v) is 6.65. The number of ketones is 1. The van der Waals surface area contributed by atoms with Crippen LogP contribution in [0.1, 0.15) is 33.0 Å². The summed E-state index contributed by atoms with van der Waals surface area (Å²) in [6, 6.07) is 4.90. The van der Waals surface area contributed by atoms with Crippen molar-refractivity contribution in [3.63, 3.8) is 0 Å². The van der Waals surface area contributed by atoms with Crippen molar-refractivity contribution in [1.29, 1.82) is 0 Å². The Balaban J connectivity index is 2.03. The summed E-state index contributed by atoms with van der Waals surface area (Å²) < 4.78 is 98.4. The van der Waals surface area contributed by atoms with Gasteiger partial charge >= 0.3 is 12.4 Å². The number of Topliss-reactive ketones (excluding diaryl/α,β-unsaturated/α-hetero) is 1. The van der Waals surface area contributed by atoms with Gasteiger partial charge in [-0.1, -0.05) is 53.0 Å². The molecule has 4 nitrogen and oxygen atoms in total. The normalized spacial score (nSPS) is 13.2. The summed E-state index contributed by atoms with van der Waals surface area (Å²) in [5.74, 6) is -5.22. The lowest BCUT2D eigenvalue weighted by atomic mass is 9.95. The molecule has 0 bridgehead atoms. The van der Waals surface area contributed by atoms with E-state index in [9.17, 15) is 31.1 Å². The summed E-state index contributed by atoms with van der Waals surface area (Å²) >= 11 is 17.4. The predicted molar refractivity (Wildman–Crippen MR) is 140 cm³/mol. The molecular weight excluding hydrogens is 610 g/mol. The SMILES string of the molecule is C=CCN(CC(=O)c1ccc(/C(F)=C/C(c2cc(Cl)c(Cl)c(Cl)c2)C(F)(F)F)cc1C(F)(F)F)c1ncccn1. The van der Waals surface area contributed by atoms with Gasteiger partial charge in [-0.15, -0.1) is 6.58 Å². The first-order chi connectivity index (χ1) is 18.6. The summed E-state index contributed by atoms with van der Waals surface area (Å²) in [7, 11) is 0. The highest BCUT2D eigenvalue weighted by atomic mass is 35.5. The Labute approximate surface area is 238 Å². The van der Waals surface area contributed by atoms with Gasteiger partial charge in [0.2, 0.25) is 5.95 Å². The smallest absolute Gasteiger partial charge is 0.329 e. The fourth-order valence-corrected chi connectivity index (χ4v) is 4.25. The molecule has 3 aromatic rings. The van der Waals surface area contributed by atoms with Crippen LogP contribution in [0.15, 0.2) is 67.5 Å². The van der Waals surface area contributed by atoms with Crippen molar-refractivity contribution in [1.82, 2.24) is 9.97 Å². The van der Waals surface area contributed by atoms with Crippen molar-refractivity contribution < 1.29 is 35.5 Å². The van der Waals surface area contributed by atoms with Gasteiger partial charge in [-0.25, -0.2) is 14.4 Å². The number of alkyl halides is 6. The molecule has 1 heterocycles. The predicted octanol–water partition coefficient (Wildman–Crippen LogP) is 8.99. The van der Waals surface area contributed by atoms with Crippen molar-refractivity contribution in [3.05, 3.63) is 105 Å². The molecule has 1 atom stereocenters. The number of benzene rings is 2. The maximum absolute atomic E-state index is 15.1. The van der Waals surface area contributed by atoms with Crippen molar-refractivity contribution in [3.8, 4) is 0 Å². The van der Waals surface area contributed by atoms with Gasteiger partial charge in [0.15, 0.2) is 5.78 Å². The zero-order valence-electron chi connectivity index (χ0n) is 20.0. The highest BCUT2D eigenvalue weighted by molar-refractivity contribution is 6.48. The van der Waals surface area contributed by atoms with Gasteiger partial charge in [-0.3, -0.25) is 4.79 Å². The van der Waals surface area contributed by atoms with Crippen molar-refractivity contribution in [2.75, 3.05) is 18.0 Å². The molecule has 0 aliphatic heterocycles. The van der Waals surface area contributed by atoms with Crippen LogP contribution in [0.4, 0.5) is 36.7 Å². The summed E-state index contributed by atoms with van der Waals surface area (Å²) in [4.78, 5) is 22.1. The molecule has 0 aliphatic carbocycles. The zero-order chi connectivity index (χ0) is 29.8. The maximum Gasteiger partial charge on any atom is 0.417 e. The average Bonchev–Trinajstić information content (AvgIpc) is 2.88. The Bertz CT molecular complexity index is 1400. The number of nitrogens with zero attached hydrogens (tertiary/aromatic N) is 3. The summed E-state index contributed by atoms with van der Waals surface area (Å²) in [6.45, 7) is 2.96. The molecule has 0 fully saturated rings. The van der Waals surface area contributed by atoms with Gasteiger partial charge in [-0.05, 0) is 35.9 Å². The van der Waals surface area contributed by atoms with Gasteiger partial charge in [-0.2, -0.15) is 26.3 Å². The van der Waals surface area contributed by atoms with Crippen LogP contribution in [0.5, 0.6) is 0 Å². The van der Waals surface area contributed by atoms with Crippen LogP contribution >= 0.6 is 34.8 Å². The van der Waals surface area contributed by atoms with Crippen LogP contribution in [0.3, 0.4) is 0 Å². The van der Waals surface area contributed by atoms with Gasteiger partial charge in [0.1, 0.15) is 11.7 Å². The van der Waals surface area contributed by atoms with Crippen LogP contribution in [0.2, 0.25) is 15.1 Å². The summed E-state index contributed by atoms with van der Waals surface area (Å²) in [6.07, 6.45) is -6.01. The van der Waals surface area contributed by atoms with E-state index in [-0.39, 0.29) is 39.7 Å². The lowest BCUT2D eigenvalue weighted by Gasteiger charge is -2.21. The minimum Gasteiger partial charge on any atom is -0.329 e. The number of carbonyl (C=O) groups excluding carboxylic acids is 1. The van der Waals surface area contributed by atoms with Crippen LogP contribution in [-0.2, 0) is 6.18 Å². The number of hydrogen-bond acceptors (Lipinski definition) is 4. The Morgan fingerprint density at radius 2 is 1.60 bits per heavy atom. The third-order valence-electron chi connectivity index (χ3n) is 5.45. The van der Waals surface area contributed by atoms with E-state index in [1.165, 1.54) is 29.4 Å². The van der Waals surface area contributed by atoms with E-state index >= 15 is 4.39 Å². The molecule has 0 amide bonds. The molecule has 0 spiro atoms. The maximum atomic E-state index is 15.1. The monoisotopic (exact) mass is 625 g/mol. The van der Waals surface area contributed by atoms with Crippen molar-refractivity contribution in [2.24, 2.45) is 0 Å². The van der Waals surface area contributed by atoms with E-state index in [1.807, 2.05) is 0 Å². The molecule has 14 heteroatoms. The number of rotatable bonds is 9. The first-order valence-corrected chi connectivity index (χ1v) is 12.2. The number of hydrogen-bond donors (Lipinski definition) is 0. The molecular formula is C26H17Cl3F7N3O. The molecule has 3 rings (SSSR count). The number of allylic oxidation sites excluding steroid dienone is 1. The van der Waals surface area contributed by atoms with Crippen LogP contribution in [0.25, 0.3) is 5.83 Å². The largest absolute Gasteiger partial charge is 0.417 e. The number of anilines is 1. The molecule has 0 N–H and O–H groups in total. The molecule has 0 radical (unpaired) electrons. The van der Waals surface area contributed by atoms with Gasteiger partial charge in [0.05, 0.1) is 27.2 Å². The van der Waals surface area contributed by atoms with E-state index in [4.69, 9.17) is 34.8 Å². The minimum atomic E-state index is -5.14. The lowest BCUT2D eigenvalue weighted by Crippen LogP contribution is -2.32. The highest BCUT2D eigenvalue weighted by Gasteiger charge is 2.41. The number of aromatic nitrogens is 2. The summed E-state index contributed by atoms with van der Waals surface area (Å²) in [5, 5.41) is -0.889. The number of halogens is 10. The van der Waals surface area contributed by atoms with E-state index in [0.717, 1.165) is 18.2 Å². The van der Waals surface area contributed by atoms with Gasteiger partial charge in [0, 0.05) is 30.1 Å². The topological polar surface area (TPSA) is 46.1 Å². The van der Waals surface area contributed by atoms with Crippen LogP contribution < -0.4 is 4.90 Å². The Kier molecular flexibility index (Phi) is 9.86. The van der Waals surface area contributed by atoms with E-state index in [2.05, 4.69) is 16.5 Å². The van der Waals surface area contributed by atoms with Gasteiger partial charge < -0.3 is 4.90 Å². The molecule has 0 saturated carbocycles. The second-order valence-corrected chi connectivity index (χ2v) is 9.42. The van der Waals surface area contributed by atoms with E-state index in [1.54, 1.807) is 0 Å². The van der Waals surface area contributed by atoms with Crippen molar-refractivity contribution >= 4 is 52.4 Å². The molecule has 40 heavy (non-hydrogen) atoms. The number of carbonyl (C=O) groups is 1. The molecule has 212 valence electrons. The molecule has 1 unspecified atom stereocenters. The Hall–Kier alpha value is -3.15. The Morgan fingerprint density at radius 1 is 1.00 bits per heavy atom. The molecule has 0 aliphatic rings. The molecule has 1 aromatic heterocycles. The fraction of sp³-hybridized carbons (Fsp3) is 0.192. The average molecular weight is 627 g/mol. The van der Waals surface area contributed by atoms with Crippen LogP contribution in [0, 0.1) is 0 Å². The first-order valence-electron chi connectivity index (χ1n) is 11.1.